The van der Waals surface area contributed by atoms with Crippen LogP contribution in [0.2, 0.25) is 0 Å². The maximum absolute atomic E-state index is 13.2. The molecular weight excluding hydrogens is 387 g/mol. The zero-order valence-electron chi connectivity index (χ0n) is 15.8. The van der Waals surface area contributed by atoms with Gasteiger partial charge in [0, 0.05) is 16.9 Å². The van der Waals surface area contributed by atoms with Gasteiger partial charge in [0.05, 0.1) is 5.75 Å². The highest BCUT2D eigenvalue weighted by atomic mass is 32.2. The van der Waals surface area contributed by atoms with Crippen LogP contribution in [0, 0.1) is 12.7 Å². The fraction of sp³-hybridized carbons (Fsp3) is 0.130. The molecule has 29 heavy (non-hydrogen) atoms. The second-order valence-electron chi connectivity index (χ2n) is 6.85. The van der Waals surface area contributed by atoms with E-state index in [0.29, 0.717) is 22.7 Å². The molecule has 1 N–H and O–H groups in total. The number of thioether (sulfide) groups is 1. The van der Waals surface area contributed by atoms with E-state index in [2.05, 4.69) is 5.32 Å². The minimum atomic E-state index is -0.335. The van der Waals surface area contributed by atoms with Crippen LogP contribution in [0.15, 0.2) is 72.8 Å². The molecule has 1 atom stereocenters. The second kappa shape index (κ2) is 8.09. The Morgan fingerprint density at radius 1 is 1.00 bits per heavy atom. The van der Waals surface area contributed by atoms with E-state index in [1.165, 1.54) is 23.9 Å². The molecule has 0 aromatic heterocycles. The summed E-state index contributed by atoms with van der Waals surface area (Å²) >= 11 is 1.52. The molecule has 0 radical (unpaired) electrons. The van der Waals surface area contributed by atoms with Gasteiger partial charge in [0.2, 0.25) is 5.91 Å². The summed E-state index contributed by atoms with van der Waals surface area (Å²) in [6.07, 6.45) is 0. The Hall–Kier alpha value is -3.12. The third-order valence-electron chi connectivity index (χ3n) is 4.74. The first-order chi connectivity index (χ1) is 14.0. The first-order valence-electron chi connectivity index (χ1n) is 9.18. The molecule has 4 nitrogen and oxygen atoms in total. The molecule has 3 aromatic carbocycles. The number of anilines is 2. The van der Waals surface area contributed by atoms with Gasteiger partial charge < -0.3 is 5.32 Å². The molecule has 2 amide bonds. The summed E-state index contributed by atoms with van der Waals surface area (Å²) in [6.45, 7) is 1.97. The van der Waals surface area contributed by atoms with Crippen LogP contribution in [0.4, 0.5) is 15.8 Å². The van der Waals surface area contributed by atoms with Crippen LogP contribution >= 0.6 is 11.8 Å². The SMILES string of the molecule is Cc1ccc(C(=O)Nc2ccc([C@H]3SCC(=O)N3c3ccc(F)cc3)cc2)cc1. The van der Waals surface area contributed by atoms with Gasteiger partial charge in [-0.3, -0.25) is 14.5 Å². The van der Waals surface area contributed by atoms with Crippen molar-refractivity contribution in [2.75, 3.05) is 16.0 Å². The maximum Gasteiger partial charge on any atom is 0.255 e. The number of nitrogens with one attached hydrogen (secondary N) is 1. The number of benzene rings is 3. The largest absolute Gasteiger partial charge is 0.322 e. The van der Waals surface area contributed by atoms with Gasteiger partial charge in [-0.1, -0.05) is 29.8 Å². The van der Waals surface area contributed by atoms with E-state index in [9.17, 15) is 14.0 Å². The van der Waals surface area contributed by atoms with Crippen molar-refractivity contribution >= 4 is 35.0 Å². The first kappa shape index (κ1) is 19.2. The van der Waals surface area contributed by atoms with Crippen molar-refractivity contribution in [2.45, 2.75) is 12.3 Å². The Balaban J connectivity index is 1.50. The summed E-state index contributed by atoms with van der Waals surface area (Å²) in [5, 5.41) is 2.70. The molecule has 3 aromatic rings. The lowest BCUT2D eigenvalue weighted by Crippen LogP contribution is -2.27. The highest BCUT2D eigenvalue weighted by molar-refractivity contribution is 8.00. The highest BCUT2D eigenvalue weighted by Gasteiger charge is 2.34. The van der Waals surface area contributed by atoms with E-state index in [1.54, 1.807) is 29.2 Å². The van der Waals surface area contributed by atoms with Crippen LogP contribution < -0.4 is 10.2 Å². The fourth-order valence-electron chi connectivity index (χ4n) is 3.19. The van der Waals surface area contributed by atoms with Crippen LogP contribution in [0.3, 0.4) is 0 Å². The van der Waals surface area contributed by atoms with E-state index in [0.717, 1.165) is 11.1 Å². The zero-order valence-corrected chi connectivity index (χ0v) is 16.6. The van der Waals surface area contributed by atoms with Crippen molar-refractivity contribution < 1.29 is 14.0 Å². The van der Waals surface area contributed by atoms with E-state index >= 15 is 0 Å². The summed E-state index contributed by atoms with van der Waals surface area (Å²) < 4.78 is 13.2. The first-order valence-corrected chi connectivity index (χ1v) is 10.2. The molecule has 0 spiro atoms. The van der Waals surface area contributed by atoms with Crippen LogP contribution in [0.5, 0.6) is 0 Å². The lowest BCUT2D eigenvalue weighted by Gasteiger charge is -2.24. The third kappa shape index (κ3) is 4.17. The Morgan fingerprint density at radius 3 is 2.31 bits per heavy atom. The maximum atomic E-state index is 13.2. The molecule has 4 rings (SSSR count). The summed E-state index contributed by atoms with van der Waals surface area (Å²) in [7, 11) is 0. The van der Waals surface area contributed by atoms with E-state index in [-0.39, 0.29) is 23.0 Å². The second-order valence-corrected chi connectivity index (χ2v) is 7.91. The number of nitrogens with zero attached hydrogens (tertiary/aromatic N) is 1. The van der Waals surface area contributed by atoms with Crippen molar-refractivity contribution in [1.29, 1.82) is 0 Å². The number of rotatable bonds is 4. The summed E-state index contributed by atoms with van der Waals surface area (Å²) in [5.74, 6) is -0.147. The van der Waals surface area contributed by atoms with Crippen LogP contribution in [0.1, 0.15) is 26.9 Å². The smallest absolute Gasteiger partial charge is 0.255 e. The predicted octanol–water partition coefficient (Wildman–Crippen LogP) is 5.17. The molecule has 0 aliphatic carbocycles. The van der Waals surface area contributed by atoms with Crippen LogP contribution in [0.25, 0.3) is 0 Å². The lowest BCUT2D eigenvalue weighted by molar-refractivity contribution is -0.115. The van der Waals surface area contributed by atoms with Gasteiger partial charge in [-0.2, -0.15) is 0 Å². The Labute approximate surface area is 172 Å². The normalized spacial score (nSPS) is 16.1. The molecule has 1 fully saturated rings. The van der Waals surface area contributed by atoms with E-state index in [1.807, 2.05) is 43.3 Å². The average molecular weight is 406 g/mol. The van der Waals surface area contributed by atoms with Crippen molar-refractivity contribution in [2.24, 2.45) is 0 Å². The quantitative estimate of drug-likeness (QED) is 0.651. The van der Waals surface area contributed by atoms with Crippen molar-refractivity contribution in [3.8, 4) is 0 Å². The Kier molecular flexibility index (Phi) is 5.36. The number of aryl methyl sites for hydroxylation is 1. The van der Waals surface area contributed by atoms with Gasteiger partial charge in [0.25, 0.3) is 5.91 Å². The topological polar surface area (TPSA) is 49.4 Å². The van der Waals surface area contributed by atoms with Gasteiger partial charge in [0.1, 0.15) is 11.2 Å². The minimum Gasteiger partial charge on any atom is -0.322 e. The molecule has 0 saturated carbocycles. The molecule has 1 aliphatic heterocycles. The van der Waals surface area contributed by atoms with Crippen molar-refractivity contribution in [3.05, 3.63) is 95.3 Å². The number of carbonyl (C=O) groups is 2. The molecular formula is C23H19FN2O2S. The predicted molar refractivity (Wildman–Crippen MR) is 115 cm³/mol. The number of carbonyl (C=O) groups excluding carboxylic acids is 2. The number of hydrogen-bond donors (Lipinski definition) is 1. The molecule has 1 heterocycles. The molecule has 146 valence electrons. The van der Waals surface area contributed by atoms with E-state index in [4.69, 9.17) is 0 Å². The Bertz CT molecular complexity index is 1030. The van der Waals surface area contributed by atoms with Gasteiger partial charge in [-0.05, 0) is 61.0 Å². The number of amides is 2. The third-order valence-corrected chi connectivity index (χ3v) is 5.95. The monoisotopic (exact) mass is 406 g/mol. The van der Waals surface area contributed by atoms with Crippen molar-refractivity contribution in [1.82, 2.24) is 0 Å². The molecule has 0 bridgehead atoms. The fourth-order valence-corrected chi connectivity index (χ4v) is 4.37. The van der Waals surface area contributed by atoms with Gasteiger partial charge in [-0.25, -0.2) is 4.39 Å². The highest BCUT2D eigenvalue weighted by Crippen LogP contribution is 2.41. The summed E-state index contributed by atoms with van der Waals surface area (Å²) in [6, 6.07) is 20.8. The number of hydrogen-bond acceptors (Lipinski definition) is 3. The standard InChI is InChI=1S/C23H19FN2O2S/c1-15-2-4-16(5-3-15)22(28)25-19-10-6-17(7-11-19)23-26(21(27)14-29-23)20-12-8-18(24)9-13-20/h2-13,23H,14H2,1H3,(H,25,28)/t23-/m1/s1. The van der Waals surface area contributed by atoms with E-state index < -0.39 is 0 Å². The summed E-state index contributed by atoms with van der Waals surface area (Å²) in [4.78, 5) is 26.5. The van der Waals surface area contributed by atoms with Crippen molar-refractivity contribution in [3.63, 3.8) is 0 Å². The molecule has 0 unspecified atom stereocenters. The van der Waals surface area contributed by atoms with Gasteiger partial charge >= 0.3 is 0 Å². The zero-order chi connectivity index (χ0) is 20.4. The molecule has 1 saturated heterocycles. The average Bonchev–Trinajstić information content (AvgIpc) is 3.11. The Morgan fingerprint density at radius 2 is 1.66 bits per heavy atom. The summed E-state index contributed by atoms with van der Waals surface area (Å²) in [5.41, 5.74) is 3.99. The number of halogens is 1. The van der Waals surface area contributed by atoms with Gasteiger partial charge in [0.15, 0.2) is 0 Å². The minimum absolute atomic E-state index is 0.0108. The van der Waals surface area contributed by atoms with Crippen LogP contribution in [-0.4, -0.2) is 17.6 Å². The molecule has 6 heteroatoms. The molecule has 1 aliphatic rings. The lowest BCUT2D eigenvalue weighted by atomic mass is 10.1. The van der Waals surface area contributed by atoms with Crippen LogP contribution in [-0.2, 0) is 4.79 Å². The van der Waals surface area contributed by atoms with Gasteiger partial charge in [-0.15, -0.1) is 11.8 Å².